The summed E-state index contributed by atoms with van der Waals surface area (Å²) in [5.74, 6) is -0.343. The largest absolute Gasteiger partial charge is 0.373 e. The zero-order valence-corrected chi connectivity index (χ0v) is 14.5. The van der Waals surface area contributed by atoms with Crippen molar-refractivity contribution in [1.82, 2.24) is 0 Å². The summed E-state index contributed by atoms with van der Waals surface area (Å²) < 4.78 is 0. The quantitative estimate of drug-likeness (QED) is 0.877. The highest BCUT2D eigenvalue weighted by molar-refractivity contribution is 6.23. The van der Waals surface area contributed by atoms with Gasteiger partial charge in [-0.25, -0.2) is 4.90 Å². The van der Waals surface area contributed by atoms with Crippen molar-refractivity contribution in [3.05, 3.63) is 58.7 Å². The van der Waals surface area contributed by atoms with Gasteiger partial charge in [-0.05, 0) is 56.5 Å². The van der Waals surface area contributed by atoms with E-state index in [0.29, 0.717) is 5.69 Å². The topological polar surface area (TPSA) is 49.4 Å². The van der Waals surface area contributed by atoms with Crippen LogP contribution in [0.2, 0.25) is 0 Å². The molecule has 3 rings (SSSR count). The van der Waals surface area contributed by atoms with E-state index >= 15 is 0 Å². The number of rotatable bonds is 3. The van der Waals surface area contributed by atoms with Crippen LogP contribution in [0.5, 0.6) is 0 Å². The number of anilines is 2. The van der Waals surface area contributed by atoms with E-state index in [1.807, 2.05) is 58.0 Å². The molecule has 2 aromatic carbocycles. The van der Waals surface area contributed by atoms with E-state index in [4.69, 9.17) is 0 Å². The summed E-state index contributed by atoms with van der Waals surface area (Å²) in [5, 5.41) is 3.24. The fourth-order valence-corrected chi connectivity index (χ4v) is 3.14. The fourth-order valence-electron chi connectivity index (χ4n) is 3.14. The van der Waals surface area contributed by atoms with Crippen LogP contribution in [0.4, 0.5) is 11.4 Å². The molecule has 0 aliphatic carbocycles. The normalized spacial score (nSPS) is 17.5. The Bertz CT molecular complexity index is 826. The molecule has 1 heterocycles. The summed E-state index contributed by atoms with van der Waals surface area (Å²) in [7, 11) is 0. The van der Waals surface area contributed by atoms with E-state index in [1.165, 1.54) is 10.5 Å². The molecule has 0 spiro atoms. The molecule has 0 aromatic heterocycles. The first kappa shape index (κ1) is 16.2. The van der Waals surface area contributed by atoms with Gasteiger partial charge in [0, 0.05) is 5.69 Å². The number of carbonyl (C=O) groups excluding carboxylic acids is 2. The molecule has 0 bridgehead atoms. The van der Waals surface area contributed by atoms with Crippen molar-refractivity contribution in [1.29, 1.82) is 0 Å². The number of carbonyl (C=O) groups is 2. The molecule has 1 aliphatic heterocycles. The SMILES string of the molecule is Cc1ccc(NC2CC(=O)N(c3cccc(C)c3C)C2=O)c(C)c1. The lowest BCUT2D eigenvalue weighted by molar-refractivity contribution is -0.121. The summed E-state index contributed by atoms with van der Waals surface area (Å²) in [6.07, 6.45) is 0.180. The smallest absolute Gasteiger partial charge is 0.256 e. The van der Waals surface area contributed by atoms with E-state index in [0.717, 1.165) is 22.4 Å². The second-order valence-corrected chi connectivity index (χ2v) is 6.51. The minimum Gasteiger partial charge on any atom is -0.373 e. The van der Waals surface area contributed by atoms with Gasteiger partial charge in [-0.2, -0.15) is 0 Å². The predicted octanol–water partition coefficient (Wildman–Crippen LogP) is 3.66. The zero-order chi connectivity index (χ0) is 17.4. The first-order valence-electron chi connectivity index (χ1n) is 8.15. The van der Waals surface area contributed by atoms with Crippen LogP contribution in [0, 0.1) is 27.7 Å². The molecule has 1 N–H and O–H groups in total. The van der Waals surface area contributed by atoms with Crippen LogP contribution in [-0.2, 0) is 9.59 Å². The van der Waals surface area contributed by atoms with Gasteiger partial charge in [0.2, 0.25) is 5.91 Å². The number of aryl methyl sites for hydroxylation is 3. The zero-order valence-electron chi connectivity index (χ0n) is 14.5. The molecule has 124 valence electrons. The van der Waals surface area contributed by atoms with Gasteiger partial charge in [0.05, 0.1) is 12.1 Å². The third-order valence-electron chi connectivity index (χ3n) is 4.68. The summed E-state index contributed by atoms with van der Waals surface area (Å²) in [4.78, 5) is 26.6. The van der Waals surface area contributed by atoms with E-state index < -0.39 is 6.04 Å². The summed E-state index contributed by atoms with van der Waals surface area (Å²) >= 11 is 0. The van der Waals surface area contributed by atoms with Crippen molar-refractivity contribution in [3.8, 4) is 0 Å². The van der Waals surface area contributed by atoms with E-state index in [2.05, 4.69) is 11.4 Å². The molecule has 1 saturated heterocycles. The molecule has 1 fully saturated rings. The highest BCUT2D eigenvalue weighted by Crippen LogP contribution is 2.29. The molecule has 0 radical (unpaired) electrons. The molecular weight excluding hydrogens is 300 g/mol. The molecule has 1 atom stereocenters. The van der Waals surface area contributed by atoms with Crippen LogP contribution in [-0.4, -0.2) is 17.9 Å². The van der Waals surface area contributed by atoms with Gasteiger partial charge in [-0.15, -0.1) is 0 Å². The lowest BCUT2D eigenvalue weighted by atomic mass is 10.1. The highest BCUT2D eigenvalue weighted by Gasteiger charge is 2.40. The van der Waals surface area contributed by atoms with Crippen LogP contribution in [0.25, 0.3) is 0 Å². The van der Waals surface area contributed by atoms with Crippen LogP contribution >= 0.6 is 0 Å². The Morgan fingerprint density at radius 2 is 1.75 bits per heavy atom. The molecule has 0 saturated carbocycles. The first-order chi connectivity index (χ1) is 11.4. The number of benzene rings is 2. The summed E-state index contributed by atoms with van der Waals surface area (Å²) in [5.41, 5.74) is 5.86. The van der Waals surface area contributed by atoms with Gasteiger partial charge in [0.1, 0.15) is 6.04 Å². The highest BCUT2D eigenvalue weighted by atomic mass is 16.2. The first-order valence-corrected chi connectivity index (χ1v) is 8.15. The molecule has 1 aliphatic rings. The third-order valence-corrected chi connectivity index (χ3v) is 4.68. The fraction of sp³-hybridized carbons (Fsp3) is 0.300. The Morgan fingerprint density at radius 3 is 2.46 bits per heavy atom. The van der Waals surface area contributed by atoms with Crippen LogP contribution < -0.4 is 10.2 Å². The van der Waals surface area contributed by atoms with Crippen molar-refractivity contribution >= 4 is 23.2 Å². The molecular formula is C20H22N2O2. The van der Waals surface area contributed by atoms with Gasteiger partial charge in [-0.1, -0.05) is 29.8 Å². The van der Waals surface area contributed by atoms with Crippen molar-refractivity contribution in [3.63, 3.8) is 0 Å². The monoisotopic (exact) mass is 322 g/mol. The second kappa shape index (κ2) is 6.11. The Hall–Kier alpha value is -2.62. The summed E-state index contributed by atoms with van der Waals surface area (Å²) in [6.45, 7) is 7.95. The Labute approximate surface area is 142 Å². The van der Waals surface area contributed by atoms with Gasteiger partial charge in [0.25, 0.3) is 5.91 Å². The van der Waals surface area contributed by atoms with Gasteiger partial charge in [-0.3, -0.25) is 9.59 Å². The number of nitrogens with one attached hydrogen (secondary N) is 1. The predicted molar refractivity (Wildman–Crippen MR) is 96.4 cm³/mol. The molecule has 24 heavy (non-hydrogen) atoms. The third kappa shape index (κ3) is 2.80. The maximum absolute atomic E-state index is 12.8. The lowest BCUT2D eigenvalue weighted by Gasteiger charge is -2.19. The minimum atomic E-state index is -0.515. The number of amides is 2. The Morgan fingerprint density at radius 1 is 1.00 bits per heavy atom. The van der Waals surface area contributed by atoms with Crippen LogP contribution in [0.3, 0.4) is 0 Å². The molecule has 2 amide bonds. The van der Waals surface area contributed by atoms with Crippen LogP contribution in [0.1, 0.15) is 28.7 Å². The van der Waals surface area contributed by atoms with Crippen molar-refractivity contribution in [2.24, 2.45) is 0 Å². The van der Waals surface area contributed by atoms with E-state index in [9.17, 15) is 9.59 Å². The molecule has 1 unspecified atom stereocenters. The second-order valence-electron chi connectivity index (χ2n) is 6.51. The standard InChI is InChI=1S/C20H22N2O2/c1-12-8-9-16(14(3)10-12)21-17-11-19(23)22(20(17)24)18-7-5-6-13(2)15(18)4/h5-10,17,21H,11H2,1-4H3. The van der Waals surface area contributed by atoms with Gasteiger partial charge >= 0.3 is 0 Å². The molecule has 2 aromatic rings. The van der Waals surface area contributed by atoms with Crippen molar-refractivity contribution < 1.29 is 9.59 Å². The Kier molecular flexibility index (Phi) is 4.14. The van der Waals surface area contributed by atoms with E-state index in [-0.39, 0.29) is 18.2 Å². The van der Waals surface area contributed by atoms with E-state index in [1.54, 1.807) is 0 Å². The van der Waals surface area contributed by atoms with Gasteiger partial charge < -0.3 is 5.32 Å². The van der Waals surface area contributed by atoms with Crippen LogP contribution in [0.15, 0.2) is 36.4 Å². The number of imide groups is 1. The number of nitrogens with zero attached hydrogens (tertiary/aromatic N) is 1. The number of hydrogen-bond donors (Lipinski definition) is 1. The van der Waals surface area contributed by atoms with Crippen molar-refractivity contribution in [2.75, 3.05) is 10.2 Å². The lowest BCUT2D eigenvalue weighted by Crippen LogP contribution is -2.35. The Balaban J connectivity index is 1.88. The average molecular weight is 322 g/mol. The van der Waals surface area contributed by atoms with Gasteiger partial charge in [0.15, 0.2) is 0 Å². The molecule has 4 nitrogen and oxygen atoms in total. The minimum absolute atomic E-state index is 0.157. The van der Waals surface area contributed by atoms with Crippen molar-refractivity contribution in [2.45, 2.75) is 40.2 Å². The molecule has 4 heteroatoms. The maximum Gasteiger partial charge on any atom is 0.256 e. The number of hydrogen-bond acceptors (Lipinski definition) is 3. The average Bonchev–Trinajstić information content (AvgIpc) is 2.80. The maximum atomic E-state index is 12.8. The summed E-state index contributed by atoms with van der Waals surface area (Å²) in [6, 6.07) is 11.2.